The van der Waals surface area contributed by atoms with Crippen LogP contribution < -0.4 is 5.32 Å². The monoisotopic (exact) mass is 263 g/mol. The van der Waals surface area contributed by atoms with Gasteiger partial charge in [0.25, 0.3) is 0 Å². The number of benzene rings is 1. The van der Waals surface area contributed by atoms with Crippen molar-refractivity contribution in [2.75, 3.05) is 13.2 Å². The molecule has 0 aromatic heterocycles. The summed E-state index contributed by atoms with van der Waals surface area (Å²) < 4.78 is 6.06. The molecule has 1 atom stereocenters. The van der Waals surface area contributed by atoms with E-state index in [2.05, 4.69) is 64.2 Å². The normalized spacial score (nSPS) is 13.5. The summed E-state index contributed by atoms with van der Waals surface area (Å²) in [6.45, 7) is 12.5. The Balaban J connectivity index is 2.68. The summed E-state index contributed by atoms with van der Waals surface area (Å²) in [5.41, 5.74) is 2.57. The molecule has 2 nitrogen and oxygen atoms in total. The molecular formula is C17H29NO. The van der Waals surface area contributed by atoms with Gasteiger partial charge in [0, 0.05) is 0 Å². The summed E-state index contributed by atoms with van der Waals surface area (Å²) in [4.78, 5) is 0. The first-order valence-corrected chi connectivity index (χ1v) is 7.42. The summed E-state index contributed by atoms with van der Waals surface area (Å²) in [6, 6.07) is 9.02. The smallest absolute Gasteiger partial charge is 0.0668 e. The van der Waals surface area contributed by atoms with Gasteiger partial charge in [-0.15, -0.1) is 0 Å². The summed E-state index contributed by atoms with van der Waals surface area (Å²) in [5, 5.41) is 3.58. The van der Waals surface area contributed by atoms with E-state index in [0.29, 0.717) is 0 Å². The van der Waals surface area contributed by atoms with Crippen LogP contribution in [0.25, 0.3) is 0 Å². The topological polar surface area (TPSA) is 21.3 Å². The second-order valence-electron chi connectivity index (χ2n) is 5.84. The first kappa shape index (κ1) is 16.2. The number of hydrogen-bond acceptors (Lipinski definition) is 2. The molecule has 0 aliphatic carbocycles. The van der Waals surface area contributed by atoms with Crippen LogP contribution in [0.4, 0.5) is 0 Å². The van der Waals surface area contributed by atoms with Crippen LogP contribution in [-0.2, 0) is 4.74 Å². The minimum absolute atomic E-state index is 0.0448. The molecule has 0 fully saturated rings. The molecule has 0 radical (unpaired) electrons. The number of aryl methyl sites for hydroxylation is 1. The van der Waals surface area contributed by atoms with Crippen molar-refractivity contribution in [1.82, 2.24) is 5.32 Å². The maximum Gasteiger partial charge on any atom is 0.0668 e. The minimum atomic E-state index is -0.0448. The molecule has 0 heterocycles. The highest BCUT2D eigenvalue weighted by Gasteiger charge is 2.19. The Labute approximate surface area is 118 Å². The molecule has 1 rings (SSSR count). The fraction of sp³-hybridized carbons (Fsp3) is 0.647. The van der Waals surface area contributed by atoms with Crippen LogP contribution in [0.1, 0.15) is 57.7 Å². The van der Waals surface area contributed by atoms with Gasteiger partial charge in [-0.3, -0.25) is 0 Å². The first-order chi connectivity index (χ1) is 8.98. The molecule has 1 aromatic carbocycles. The van der Waals surface area contributed by atoms with E-state index in [1.807, 2.05) is 0 Å². The molecule has 1 aromatic rings. The predicted octanol–water partition coefficient (Wildman–Crippen LogP) is 4.24. The second kappa shape index (κ2) is 7.66. The van der Waals surface area contributed by atoms with E-state index in [-0.39, 0.29) is 11.6 Å². The van der Waals surface area contributed by atoms with E-state index in [1.54, 1.807) is 0 Å². The van der Waals surface area contributed by atoms with E-state index in [0.717, 1.165) is 26.0 Å². The minimum Gasteiger partial charge on any atom is -0.374 e. The van der Waals surface area contributed by atoms with E-state index >= 15 is 0 Å². The summed E-state index contributed by atoms with van der Waals surface area (Å²) >= 11 is 0. The Bertz CT molecular complexity index is 356. The third kappa shape index (κ3) is 5.75. The fourth-order valence-electron chi connectivity index (χ4n) is 1.80. The third-order valence-electron chi connectivity index (χ3n) is 3.61. The van der Waals surface area contributed by atoms with Gasteiger partial charge in [-0.25, -0.2) is 0 Å². The molecule has 0 bridgehead atoms. The van der Waals surface area contributed by atoms with Crippen LogP contribution in [0.3, 0.4) is 0 Å². The highest BCUT2D eigenvalue weighted by Crippen LogP contribution is 2.20. The van der Waals surface area contributed by atoms with Gasteiger partial charge in [0.2, 0.25) is 0 Å². The van der Waals surface area contributed by atoms with Crippen molar-refractivity contribution < 1.29 is 4.74 Å². The molecule has 2 heteroatoms. The van der Waals surface area contributed by atoms with Gasteiger partial charge in [-0.1, -0.05) is 43.7 Å². The van der Waals surface area contributed by atoms with E-state index in [9.17, 15) is 0 Å². The molecule has 0 saturated carbocycles. The van der Waals surface area contributed by atoms with Crippen LogP contribution in [0, 0.1) is 6.92 Å². The van der Waals surface area contributed by atoms with Crippen molar-refractivity contribution in [2.45, 2.75) is 59.1 Å². The molecular weight excluding hydrogens is 234 g/mol. The lowest BCUT2D eigenvalue weighted by Gasteiger charge is -2.28. The molecule has 19 heavy (non-hydrogen) atoms. The standard InChI is InChI=1S/C17H29NO/c1-6-12-18-16(13-19-17(4,5)7-2)15-10-8-14(3)9-11-15/h8-11,16,18H,6-7,12-13H2,1-5H3. The zero-order valence-electron chi connectivity index (χ0n) is 13.1. The average Bonchev–Trinajstić information content (AvgIpc) is 2.40. The lowest BCUT2D eigenvalue weighted by molar-refractivity contribution is -0.0307. The molecule has 0 amide bonds. The lowest BCUT2D eigenvalue weighted by atomic mass is 10.0. The van der Waals surface area contributed by atoms with E-state index in [1.165, 1.54) is 11.1 Å². The lowest BCUT2D eigenvalue weighted by Crippen LogP contribution is -2.32. The second-order valence-corrected chi connectivity index (χ2v) is 5.84. The van der Waals surface area contributed by atoms with Crippen LogP contribution in [0.2, 0.25) is 0 Å². The molecule has 1 unspecified atom stereocenters. The number of hydrogen-bond donors (Lipinski definition) is 1. The van der Waals surface area contributed by atoms with Crippen molar-refractivity contribution >= 4 is 0 Å². The predicted molar refractivity (Wildman–Crippen MR) is 82.5 cm³/mol. The van der Waals surface area contributed by atoms with Gasteiger partial charge in [0.1, 0.15) is 0 Å². The zero-order valence-corrected chi connectivity index (χ0v) is 13.1. The Kier molecular flexibility index (Phi) is 6.53. The number of nitrogens with one attached hydrogen (secondary N) is 1. The average molecular weight is 263 g/mol. The highest BCUT2D eigenvalue weighted by atomic mass is 16.5. The van der Waals surface area contributed by atoms with Gasteiger partial charge < -0.3 is 10.1 Å². The van der Waals surface area contributed by atoms with Gasteiger partial charge in [-0.05, 0) is 45.7 Å². The Morgan fingerprint density at radius 3 is 2.32 bits per heavy atom. The Hall–Kier alpha value is -0.860. The van der Waals surface area contributed by atoms with Crippen molar-refractivity contribution in [2.24, 2.45) is 0 Å². The number of ether oxygens (including phenoxy) is 1. The van der Waals surface area contributed by atoms with Crippen LogP contribution in [0.5, 0.6) is 0 Å². The summed E-state index contributed by atoms with van der Waals surface area (Å²) in [6.07, 6.45) is 2.17. The Morgan fingerprint density at radius 2 is 1.79 bits per heavy atom. The van der Waals surface area contributed by atoms with Crippen LogP contribution in [-0.4, -0.2) is 18.8 Å². The van der Waals surface area contributed by atoms with Gasteiger partial charge >= 0.3 is 0 Å². The van der Waals surface area contributed by atoms with Crippen LogP contribution >= 0.6 is 0 Å². The third-order valence-corrected chi connectivity index (χ3v) is 3.61. The first-order valence-electron chi connectivity index (χ1n) is 7.42. The quantitative estimate of drug-likeness (QED) is 0.757. The molecule has 108 valence electrons. The molecule has 0 spiro atoms. The van der Waals surface area contributed by atoms with Crippen molar-refractivity contribution in [3.8, 4) is 0 Å². The largest absolute Gasteiger partial charge is 0.374 e. The Morgan fingerprint density at radius 1 is 1.16 bits per heavy atom. The van der Waals surface area contributed by atoms with E-state index < -0.39 is 0 Å². The van der Waals surface area contributed by atoms with Crippen molar-refractivity contribution in [3.63, 3.8) is 0 Å². The zero-order chi connectivity index (χ0) is 14.3. The molecule has 0 aliphatic heterocycles. The van der Waals surface area contributed by atoms with Gasteiger partial charge in [-0.2, -0.15) is 0 Å². The maximum absolute atomic E-state index is 6.06. The van der Waals surface area contributed by atoms with Crippen molar-refractivity contribution in [1.29, 1.82) is 0 Å². The van der Waals surface area contributed by atoms with E-state index in [4.69, 9.17) is 4.74 Å². The molecule has 1 N–H and O–H groups in total. The highest BCUT2D eigenvalue weighted by molar-refractivity contribution is 5.24. The fourth-order valence-corrected chi connectivity index (χ4v) is 1.80. The number of rotatable bonds is 8. The SMILES string of the molecule is CCCNC(COC(C)(C)CC)c1ccc(C)cc1. The molecule has 0 saturated heterocycles. The summed E-state index contributed by atoms with van der Waals surface area (Å²) in [5.74, 6) is 0. The summed E-state index contributed by atoms with van der Waals surface area (Å²) in [7, 11) is 0. The van der Waals surface area contributed by atoms with Crippen LogP contribution in [0.15, 0.2) is 24.3 Å². The van der Waals surface area contributed by atoms with Gasteiger partial charge in [0.05, 0.1) is 18.2 Å². The molecule has 0 aliphatic rings. The van der Waals surface area contributed by atoms with Crippen molar-refractivity contribution in [3.05, 3.63) is 35.4 Å². The maximum atomic E-state index is 6.06. The van der Waals surface area contributed by atoms with Gasteiger partial charge in [0.15, 0.2) is 0 Å².